The molecule has 7 heteroatoms. The third kappa shape index (κ3) is 3.33. The van der Waals surface area contributed by atoms with Crippen molar-refractivity contribution in [3.8, 4) is 0 Å². The zero-order chi connectivity index (χ0) is 15.4. The van der Waals surface area contributed by atoms with Crippen LogP contribution in [0.5, 0.6) is 0 Å². The number of hydrogen-bond donors (Lipinski definition) is 2. The number of carbonyl (C=O) groups is 1. The summed E-state index contributed by atoms with van der Waals surface area (Å²) >= 11 is 0. The fraction of sp³-hybridized carbons (Fsp3) is 0.143. The lowest BCUT2D eigenvalue weighted by atomic mass is 10.1. The van der Waals surface area contributed by atoms with Gasteiger partial charge < -0.3 is 11.1 Å². The molecule has 0 bridgehead atoms. The van der Waals surface area contributed by atoms with E-state index in [1.165, 1.54) is 18.2 Å². The zero-order valence-corrected chi connectivity index (χ0v) is 11.3. The highest BCUT2D eigenvalue weighted by atomic mass is 16.6. The molecule has 3 N–H and O–H groups in total. The molecule has 108 valence electrons. The van der Waals surface area contributed by atoms with Gasteiger partial charge in [0.05, 0.1) is 11.0 Å². The van der Waals surface area contributed by atoms with E-state index in [-0.39, 0.29) is 17.3 Å². The molecule has 0 radical (unpaired) electrons. The Labute approximate surface area is 121 Å². The number of hydrogen-bond acceptors (Lipinski definition) is 5. The van der Waals surface area contributed by atoms with Crippen LogP contribution in [0.2, 0.25) is 0 Å². The molecule has 0 aliphatic heterocycles. The second-order valence-electron chi connectivity index (χ2n) is 4.51. The Morgan fingerprint density at radius 1 is 1.43 bits per heavy atom. The van der Waals surface area contributed by atoms with Crippen molar-refractivity contribution in [3.05, 3.63) is 64.0 Å². The minimum absolute atomic E-state index is 0.0984. The lowest BCUT2D eigenvalue weighted by Crippen LogP contribution is -2.13. The normalized spacial score (nSPS) is 11.7. The van der Waals surface area contributed by atoms with E-state index in [9.17, 15) is 14.9 Å². The van der Waals surface area contributed by atoms with Crippen molar-refractivity contribution >= 4 is 17.3 Å². The fourth-order valence-corrected chi connectivity index (χ4v) is 1.91. The molecule has 0 saturated carbocycles. The van der Waals surface area contributed by atoms with Crippen LogP contribution in [0.1, 0.15) is 28.9 Å². The van der Waals surface area contributed by atoms with Gasteiger partial charge in [0.1, 0.15) is 5.69 Å². The Bertz CT molecular complexity index is 673. The summed E-state index contributed by atoms with van der Waals surface area (Å²) in [7, 11) is 0. The number of nitro groups is 1. The first-order valence-electron chi connectivity index (χ1n) is 6.23. The number of nitro benzene ring substituents is 1. The summed E-state index contributed by atoms with van der Waals surface area (Å²) in [6.07, 6.45) is 3.33. The number of anilines is 1. The molecule has 0 spiro atoms. The number of pyridine rings is 1. The maximum Gasteiger partial charge on any atom is 0.293 e. The predicted molar refractivity (Wildman–Crippen MR) is 77.9 cm³/mol. The predicted octanol–water partition coefficient (Wildman–Crippen LogP) is 2.26. The molecule has 1 heterocycles. The summed E-state index contributed by atoms with van der Waals surface area (Å²) in [5.74, 6) is -0.704. The summed E-state index contributed by atoms with van der Waals surface area (Å²) in [5, 5.41) is 14.2. The largest absolute Gasteiger partial charge is 0.373 e. The Morgan fingerprint density at radius 2 is 2.19 bits per heavy atom. The van der Waals surface area contributed by atoms with Gasteiger partial charge in [-0.2, -0.15) is 0 Å². The van der Waals surface area contributed by atoms with Crippen molar-refractivity contribution in [2.24, 2.45) is 5.73 Å². The quantitative estimate of drug-likeness (QED) is 0.646. The van der Waals surface area contributed by atoms with E-state index >= 15 is 0 Å². The molecule has 1 unspecified atom stereocenters. The van der Waals surface area contributed by atoms with Crippen molar-refractivity contribution in [3.63, 3.8) is 0 Å². The number of benzene rings is 1. The topological polar surface area (TPSA) is 111 Å². The van der Waals surface area contributed by atoms with Gasteiger partial charge >= 0.3 is 0 Å². The molecular weight excluding hydrogens is 272 g/mol. The molecule has 0 aliphatic carbocycles. The summed E-state index contributed by atoms with van der Waals surface area (Å²) < 4.78 is 0. The van der Waals surface area contributed by atoms with Crippen LogP contribution in [0.25, 0.3) is 0 Å². The second kappa shape index (κ2) is 6.00. The molecule has 7 nitrogen and oxygen atoms in total. The standard InChI is InChI=1S/C14H14N4O3/c1-9(11-3-2-6-16-8-11)17-12-5-4-10(14(15)19)7-13(12)18(20)21/h2-9,17H,1H3,(H2,15,19). The summed E-state index contributed by atoms with van der Waals surface area (Å²) in [4.78, 5) is 25.7. The first kappa shape index (κ1) is 14.4. The van der Waals surface area contributed by atoms with E-state index in [2.05, 4.69) is 10.3 Å². The second-order valence-corrected chi connectivity index (χ2v) is 4.51. The molecule has 1 amide bonds. The van der Waals surface area contributed by atoms with Crippen molar-refractivity contribution < 1.29 is 9.72 Å². The minimum Gasteiger partial charge on any atom is -0.373 e. The van der Waals surface area contributed by atoms with Crippen LogP contribution in [0.3, 0.4) is 0 Å². The van der Waals surface area contributed by atoms with Gasteiger partial charge in [-0.05, 0) is 30.7 Å². The van der Waals surface area contributed by atoms with Crippen LogP contribution in [0.4, 0.5) is 11.4 Å². The first-order valence-corrected chi connectivity index (χ1v) is 6.23. The van der Waals surface area contributed by atoms with E-state index < -0.39 is 10.8 Å². The highest BCUT2D eigenvalue weighted by Crippen LogP contribution is 2.28. The molecule has 1 aromatic heterocycles. The van der Waals surface area contributed by atoms with Crippen LogP contribution in [-0.4, -0.2) is 15.8 Å². The zero-order valence-electron chi connectivity index (χ0n) is 11.3. The van der Waals surface area contributed by atoms with Crippen molar-refractivity contribution in [2.45, 2.75) is 13.0 Å². The van der Waals surface area contributed by atoms with Crippen LogP contribution in [0, 0.1) is 10.1 Å². The summed E-state index contributed by atoms with van der Waals surface area (Å²) in [5.41, 5.74) is 6.26. The molecule has 2 rings (SSSR count). The van der Waals surface area contributed by atoms with Gasteiger partial charge in [0.2, 0.25) is 5.91 Å². The number of nitrogens with zero attached hydrogens (tertiary/aromatic N) is 2. The van der Waals surface area contributed by atoms with Crippen LogP contribution in [-0.2, 0) is 0 Å². The van der Waals surface area contributed by atoms with Gasteiger partial charge in [-0.25, -0.2) is 0 Å². The highest BCUT2D eigenvalue weighted by Gasteiger charge is 2.18. The third-order valence-corrected chi connectivity index (χ3v) is 3.04. The molecule has 1 aromatic carbocycles. The average Bonchev–Trinajstić information content (AvgIpc) is 2.48. The first-order chi connectivity index (χ1) is 9.99. The van der Waals surface area contributed by atoms with Crippen molar-refractivity contribution in [1.29, 1.82) is 0 Å². The number of rotatable bonds is 5. The molecule has 2 aromatic rings. The lowest BCUT2D eigenvalue weighted by Gasteiger charge is -2.15. The number of primary amides is 1. The van der Waals surface area contributed by atoms with E-state index in [1.54, 1.807) is 18.5 Å². The molecule has 0 saturated heterocycles. The Morgan fingerprint density at radius 3 is 2.76 bits per heavy atom. The van der Waals surface area contributed by atoms with E-state index in [4.69, 9.17) is 5.73 Å². The number of aromatic nitrogens is 1. The lowest BCUT2D eigenvalue weighted by molar-refractivity contribution is -0.384. The van der Waals surface area contributed by atoms with Gasteiger partial charge in [0.25, 0.3) is 5.69 Å². The van der Waals surface area contributed by atoms with Gasteiger partial charge in [-0.3, -0.25) is 19.9 Å². The maximum absolute atomic E-state index is 11.1. The number of amides is 1. The van der Waals surface area contributed by atoms with E-state index in [0.717, 1.165) is 5.56 Å². The van der Waals surface area contributed by atoms with Crippen molar-refractivity contribution in [2.75, 3.05) is 5.32 Å². The minimum atomic E-state index is -0.704. The molecule has 21 heavy (non-hydrogen) atoms. The molecular formula is C14H14N4O3. The van der Waals surface area contributed by atoms with Gasteiger partial charge in [0, 0.05) is 24.0 Å². The fourth-order valence-electron chi connectivity index (χ4n) is 1.91. The number of carbonyl (C=O) groups excluding carboxylic acids is 1. The Balaban J connectivity index is 2.31. The van der Waals surface area contributed by atoms with Gasteiger partial charge in [-0.1, -0.05) is 6.07 Å². The average molecular weight is 286 g/mol. The van der Waals surface area contributed by atoms with Crippen LogP contribution in [0.15, 0.2) is 42.7 Å². The van der Waals surface area contributed by atoms with Crippen molar-refractivity contribution in [1.82, 2.24) is 4.98 Å². The monoisotopic (exact) mass is 286 g/mol. The van der Waals surface area contributed by atoms with Gasteiger partial charge in [0.15, 0.2) is 0 Å². The van der Waals surface area contributed by atoms with Crippen LogP contribution >= 0.6 is 0 Å². The Hall–Kier alpha value is -2.96. The summed E-state index contributed by atoms with van der Waals surface area (Å²) in [6.45, 7) is 1.86. The van der Waals surface area contributed by atoms with Gasteiger partial charge in [-0.15, -0.1) is 0 Å². The molecule has 0 fully saturated rings. The number of nitrogens with one attached hydrogen (secondary N) is 1. The highest BCUT2D eigenvalue weighted by molar-refractivity contribution is 5.94. The SMILES string of the molecule is CC(Nc1ccc(C(N)=O)cc1[N+](=O)[O-])c1cccnc1. The van der Waals surface area contributed by atoms with E-state index in [0.29, 0.717) is 5.69 Å². The Kier molecular flexibility index (Phi) is 4.13. The van der Waals surface area contributed by atoms with Crippen LogP contribution < -0.4 is 11.1 Å². The molecule has 1 atom stereocenters. The number of nitrogens with two attached hydrogens (primary N) is 1. The molecule has 0 aliphatic rings. The smallest absolute Gasteiger partial charge is 0.293 e. The summed E-state index contributed by atoms with van der Waals surface area (Å²) in [6, 6.07) is 7.59. The maximum atomic E-state index is 11.1. The third-order valence-electron chi connectivity index (χ3n) is 3.04. The van der Waals surface area contributed by atoms with E-state index in [1.807, 2.05) is 13.0 Å².